The monoisotopic (exact) mass is 257 g/mol. The molecule has 1 N–H and O–H groups in total. The molecule has 1 saturated heterocycles. The second kappa shape index (κ2) is 5.95. The lowest BCUT2D eigenvalue weighted by molar-refractivity contribution is 0.224. The van der Waals surface area contributed by atoms with Crippen LogP contribution < -0.4 is 10.1 Å². The van der Waals surface area contributed by atoms with Gasteiger partial charge in [-0.05, 0) is 25.9 Å². The van der Waals surface area contributed by atoms with Crippen LogP contribution in [0, 0.1) is 11.6 Å². The van der Waals surface area contributed by atoms with Gasteiger partial charge in [-0.1, -0.05) is 0 Å². The Balaban J connectivity index is 1.91. The normalized spacial score (nSPS) is 15.9. The van der Waals surface area contributed by atoms with E-state index in [0.29, 0.717) is 6.61 Å². The van der Waals surface area contributed by atoms with E-state index in [1.165, 1.54) is 19.9 Å². The van der Waals surface area contributed by atoms with Gasteiger partial charge in [-0.3, -0.25) is 4.90 Å². The van der Waals surface area contributed by atoms with Gasteiger partial charge in [-0.2, -0.15) is 4.98 Å². The van der Waals surface area contributed by atoms with E-state index in [0.717, 1.165) is 25.7 Å². The van der Waals surface area contributed by atoms with Crippen molar-refractivity contribution < 1.29 is 13.5 Å². The van der Waals surface area contributed by atoms with Crippen LogP contribution in [-0.2, 0) is 0 Å². The number of pyridine rings is 1. The molecule has 0 aromatic carbocycles. The molecule has 1 aromatic heterocycles. The molecule has 1 aromatic rings. The Kier molecular flexibility index (Phi) is 4.30. The molecule has 0 amide bonds. The van der Waals surface area contributed by atoms with Crippen molar-refractivity contribution in [3.63, 3.8) is 0 Å². The maximum atomic E-state index is 13.4. The lowest BCUT2D eigenvalue weighted by Crippen LogP contribution is -2.25. The average molecular weight is 257 g/mol. The summed E-state index contributed by atoms with van der Waals surface area (Å²) in [6, 6.07) is 0.782. The van der Waals surface area contributed by atoms with Crippen molar-refractivity contribution in [2.24, 2.45) is 0 Å². The Morgan fingerprint density at radius 1 is 1.33 bits per heavy atom. The minimum atomic E-state index is -0.770. The number of anilines is 1. The molecule has 0 saturated carbocycles. The Morgan fingerprint density at radius 2 is 2.06 bits per heavy atom. The minimum Gasteiger partial charge on any atom is -0.474 e. The van der Waals surface area contributed by atoms with Gasteiger partial charge in [0.1, 0.15) is 6.61 Å². The average Bonchev–Trinajstić information content (AvgIpc) is 2.85. The number of likely N-dealkylation sites (tertiary alicyclic amines) is 1. The lowest BCUT2D eigenvalue weighted by Gasteiger charge is -2.15. The molecule has 0 aliphatic carbocycles. The van der Waals surface area contributed by atoms with Crippen molar-refractivity contribution in [1.29, 1.82) is 0 Å². The van der Waals surface area contributed by atoms with E-state index in [1.807, 2.05) is 0 Å². The van der Waals surface area contributed by atoms with E-state index < -0.39 is 11.6 Å². The summed E-state index contributed by atoms with van der Waals surface area (Å²) in [4.78, 5) is 6.00. The van der Waals surface area contributed by atoms with Crippen LogP contribution in [0.1, 0.15) is 12.8 Å². The second-order valence-electron chi connectivity index (χ2n) is 4.25. The third-order valence-corrected chi connectivity index (χ3v) is 2.98. The number of aromatic nitrogens is 1. The second-order valence-corrected chi connectivity index (χ2v) is 4.25. The van der Waals surface area contributed by atoms with E-state index in [9.17, 15) is 8.78 Å². The molecule has 18 heavy (non-hydrogen) atoms. The molecule has 100 valence electrons. The van der Waals surface area contributed by atoms with Crippen molar-refractivity contribution in [3.8, 4) is 5.88 Å². The summed E-state index contributed by atoms with van der Waals surface area (Å²) >= 11 is 0. The highest BCUT2D eigenvalue weighted by Gasteiger charge is 2.14. The molecule has 6 heteroatoms. The number of nitrogens with zero attached hydrogens (tertiary/aromatic N) is 2. The van der Waals surface area contributed by atoms with Gasteiger partial charge in [0.05, 0.1) is 0 Å². The van der Waals surface area contributed by atoms with Crippen molar-refractivity contribution in [3.05, 3.63) is 17.7 Å². The fourth-order valence-corrected chi connectivity index (χ4v) is 2.00. The van der Waals surface area contributed by atoms with Crippen molar-refractivity contribution in [1.82, 2.24) is 9.88 Å². The van der Waals surface area contributed by atoms with Gasteiger partial charge in [0, 0.05) is 19.7 Å². The Bertz CT molecular complexity index is 409. The molecular formula is C12H17F2N3O. The highest BCUT2D eigenvalue weighted by atomic mass is 19.1. The van der Waals surface area contributed by atoms with Crippen LogP contribution in [0.2, 0.25) is 0 Å². The first-order valence-electron chi connectivity index (χ1n) is 6.09. The highest BCUT2D eigenvalue weighted by molar-refractivity contribution is 5.38. The smallest absolute Gasteiger partial charge is 0.252 e. The van der Waals surface area contributed by atoms with Crippen LogP contribution in [0.25, 0.3) is 0 Å². The Labute approximate surface area is 105 Å². The number of ether oxygens (including phenoxy) is 1. The summed E-state index contributed by atoms with van der Waals surface area (Å²) in [6.45, 7) is 3.22. The van der Waals surface area contributed by atoms with Crippen LogP contribution in [0.15, 0.2) is 6.07 Å². The number of hydrogen-bond donors (Lipinski definition) is 1. The van der Waals surface area contributed by atoms with Crippen molar-refractivity contribution in [2.45, 2.75) is 12.8 Å². The third kappa shape index (κ3) is 3.07. The van der Waals surface area contributed by atoms with Gasteiger partial charge < -0.3 is 10.1 Å². The molecule has 4 nitrogen and oxygen atoms in total. The minimum absolute atomic E-state index is 0.00688. The van der Waals surface area contributed by atoms with E-state index in [1.54, 1.807) is 0 Å². The largest absolute Gasteiger partial charge is 0.474 e. The lowest BCUT2D eigenvalue weighted by atomic mass is 10.4. The predicted molar refractivity (Wildman–Crippen MR) is 64.9 cm³/mol. The standard InChI is InChI=1S/C12H17F2N3O/c1-15-11-9(13)8-10(14)12(16-11)18-7-6-17-4-2-3-5-17/h8H,2-7H2,1H3,(H,15,16). The molecular weight excluding hydrogens is 240 g/mol. The van der Waals surface area contributed by atoms with Crippen LogP contribution in [0.4, 0.5) is 14.6 Å². The SMILES string of the molecule is CNc1nc(OCCN2CCCC2)c(F)cc1F. The molecule has 1 fully saturated rings. The van der Waals surface area contributed by atoms with Crippen molar-refractivity contribution in [2.75, 3.05) is 38.6 Å². The van der Waals surface area contributed by atoms with Crippen LogP contribution in [-0.4, -0.2) is 43.2 Å². The maximum absolute atomic E-state index is 13.4. The van der Waals surface area contributed by atoms with Crippen LogP contribution >= 0.6 is 0 Å². The zero-order chi connectivity index (χ0) is 13.0. The number of nitrogens with one attached hydrogen (secondary N) is 1. The Hall–Kier alpha value is -1.43. The molecule has 0 atom stereocenters. The molecule has 0 bridgehead atoms. The fourth-order valence-electron chi connectivity index (χ4n) is 2.00. The van der Waals surface area contributed by atoms with Gasteiger partial charge in [0.25, 0.3) is 5.88 Å². The van der Waals surface area contributed by atoms with Gasteiger partial charge in [-0.15, -0.1) is 0 Å². The van der Waals surface area contributed by atoms with Crippen LogP contribution in [0.3, 0.4) is 0 Å². The zero-order valence-corrected chi connectivity index (χ0v) is 10.4. The van der Waals surface area contributed by atoms with Gasteiger partial charge in [-0.25, -0.2) is 8.78 Å². The molecule has 2 heterocycles. The summed E-state index contributed by atoms with van der Waals surface area (Å²) < 4.78 is 31.8. The summed E-state index contributed by atoms with van der Waals surface area (Å²) in [5.41, 5.74) is 0. The predicted octanol–water partition coefficient (Wildman–Crippen LogP) is 1.88. The topological polar surface area (TPSA) is 37.4 Å². The van der Waals surface area contributed by atoms with Gasteiger partial charge in [0.2, 0.25) is 0 Å². The first-order chi connectivity index (χ1) is 8.70. The third-order valence-electron chi connectivity index (χ3n) is 2.98. The summed E-state index contributed by atoms with van der Waals surface area (Å²) in [7, 11) is 1.53. The molecule has 0 unspecified atom stereocenters. The van der Waals surface area contributed by atoms with E-state index in [4.69, 9.17) is 4.74 Å². The van der Waals surface area contributed by atoms with E-state index >= 15 is 0 Å². The highest BCUT2D eigenvalue weighted by Crippen LogP contribution is 2.20. The number of rotatable bonds is 5. The first kappa shape index (κ1) is 13.0. The summed E-state index contributed by atoms with van der Waals surface area (Å²) in [5.74, 6) is -1.65. The molecule has 0 radical (unpaired) electrons. The van der Waals surface area contributed by atoms with Crippen molar-refractivity contribution >= 4 is 5.82 Å². The maximum Gasteiger partial charge on any atom is 0.252 e. The Morgan fingerprint density at radius 3 is 2.72 bits per heavy atom. The van der Waals surface area contributed by atoms with E-state index in [-0.39, 0.29) is 11.7 Å². The molecule has 2 rings (SSSR count). The first-order valence-corrected chi connectivity index (χ1v) is 6.09. The molecule has 1 aliphatic heterocycles. The summed E-state index contributed by atoms with van der Waals surface area (Å²) in [6.07, 6.45) is 2.40. The van der Waals surface area contributed by atoms with Crippen LogP contribution in [0.5, 0.6) is 5.88 Å². The molecule has 0 spiro atoms. The quantitative estimate of drug-likeness (QED) is 0.874. The molecule has 1 aliphatic rings. The van der Waals surface area contributed by atoms with E-state index in [2.05, 4.69) is 15.2 Å². The fraction of sp³-hybridized carbons (Fsp3) is 0.583. The number of halogens is 2. The van der Waals surface area contributed by atoms with Gasteiger partial charge in [0.15, 0.2) is 17.5 Å². The van der Waals surface area contributed by atoms with Gasteiger partial charge >= 0.3 is 0 Å². The summed E-state index contributed by atoms with van der Waals surface area (Å²) in [5, 5.41) is 2.55. The number of hydrogen-bond acceptors (Lipinski definition) is 4. The zero-order valence-electron chi connectivity index (χ0n) is 10.4.